The molecule has 212 valence electrons. The van der Waals surface area contributed by atoms with Crippen molar-refractivity contribution in [1.29, 1.82) is 0 Å². The fraction of sp³-hybridized carbons (Fsp3) is 0.290. The molecule has 3 aromatic rings. The number of likely N-dealkylation sites (tertiary alicyclic amines) is 1. The molecule has 0 aromatic heterocycles. The molecule has 4 amide bonds. The van der Waals surface area contributed by atoms with Crippen LogP contribution in [-0.2, 0) is 16.0 Å². The van der Waals surface area contributed by atoms with Crippen LogP contribution < -0.4 is 5.32 Å². The molecule has 0 aliphatic carbocycles. The predicted octanol–water partition coefficient (Wildman–Crippen LogP) is 5.07. The smallest absolute Gasteiger partial charge is 0.261 e. The lowest BCUT2D eigenvalue weighted by Gasteiger charge is -2.32. The summed E-state index contributed by atoms with van der Waals surface area (Å²) in [5, 5.41) is 2.83. The van der Waals surface area contributed by atoms with Crippen molar-refractivity contribution >= 4 is 29.3 Å². The van der Waals surface area contributed by atoms with E-state index in [1.165, 1.54) is 9.80 Å². The van der Waals surface area contributed by atoms with Gasteiger partial charge in [0.25, 0.3) is 11.8 Å². The number of benzene rings is 3. The molecule has 10 heteroatoms. The maximum Gasteiger partial charge on any atom is 0.261 e. The highest BCUT2D eigenvalue weighted by molar-refractivity contribution is 6.21. The third kappa shape index (κ3) is 6.01. The number of anilines is 1. The van der Waals surface area contributed by atoms with Crippen molar-refractivity contribution in [1.82, 2.24) is 9.80 Å². The van der Waals surface area contributed by atoms with Gasteiger partial charge in [-0.05, 0) is 67.1 Å². The quantitative estimate of drug-likeness (QED) is 0.307. The molecule has 7 nitrogen and oxygen atoms in total. The normalized spacial score (nSPS) is 15.3. The van der Waals surface area contributed by atoms with Gasteiger partial charge in [0, 0.05) is 37.3 Å². The molecule has 5 rings (SSSR count). The zero-order valence-corrected chi connectivity index (χ0v) is 22.2. The number of hydrogen-bond donors (Lipinski definition) is 1. The van der Waals surface area contributed by atoms with Crippen LogP contribution in [0.15, 0.2) is 60.7 Å². The number of hydrogen-bond acceptors (Lipinski definition) is 4. The molecule has 1 fully saturated rings. The van der Waals surface area contributed by atoms with E-state index >= 15 is 0 Å². The third-order valence-electron chi connectivity index (χ3n) is 7.64. The van der Waals surface area contributed by atoms with Crippen LogP contribution in [0, 0.1) is 17.5 Å². The van der Waals surface area contributed by atoms with E-state index in [9.17, 15) is 32.3 Å². The monoisotopic (exact) mass is 563 g/mol. The maximum atomic E-state index is 13.9. The Labute approximate surface area is 234 Å². The first-order valence-corrected chi connectivity index (χ1v) is 13.5. The van der Waals surface area contributed by atoms with Gasteiger partial charge in [-0.15, -0.1) is 0 Å². The second kappa shape index (κ2) is 12.0. The Balaban J connectivity index is 1.06. The van der Waals surface area contributed by atoms with Crippen LogP contribution in [0.3, 0.4) is 0 Å². The van der Waals surface area contributed by atoms with Crippen LogP contribution in [0.4, 0.5) is 18.9 Å². The fourth-order valence-electron chi connectivity index (χ4n) is 5.36. The Morgan fingerprint density at radius 2 is 1.44 bits per heavy atom. The van der Waals surface area contributed by atoms with Crippen LogP contribution in [0.1, 0.15) is 63.4 Å². The number of nitrogens with zero attached hydrogens (tertiary/aromatic N) is 2. The molecule has 1 N–H and O–H groups in total. The average Bonchev–Trinajstić information content (AvgIpc) is 3.22. The molecule has 0 bridgehead atoms. The summed E-state index contributed by atoms with van der Waals surface area (Å²) in [5.41, 5.74) is 1.87. The summed E-state index contributed by atoms with van der Waals surface area (Å²) >= 11 is 0. The second-order valence-electron chi connectivity index (χ2n) is 10.2. The van der Waals surface area contributed by atoms with Crippen LogP contribution in [0.5, 0.6) is 0 Å². The molecule has 2 heterocycles. The minimum Gasteiger partial charge on any atom is -0.342 e. The van der Waals surface area contributed by atoms with Crippen molar-refractivity contribution < 1.29 is 32.3 Å². The van der Waals surface area contributed by atoms with Gasteiger partial charge >= 0.3 is 0 Å². The van der Waals surface area contributed by atoms with Gasteiger partial charge in [0.15, 0.2) is 11.6 Å². The lowest BCUT2D eigenvalue weighted by atomic mass is 9.89. The van der Waals surface area contributed by atoms with Gasteiger partial charge in [-0.25, -0.2) is 13.2 Å². The van der Waals surface area contributed by atoms with Crippen LogP contribution in [0.25, 0.3) is 0 Å². The van der Waals surface area contributed by atoms with Gasteiger partial charge in [0.1, 0.15) is 5.82 Å². The average molecular weight is 564 g/mol. The molecular formula is C31H28F3N3O4. The van der Waals surface area contributed by atoms with Gasteiger partial charge in [0.05, 0.1) is 17.5 Å². The number of rotatable bonds is 8. The van der Waals surface area contributed by atoms with Crippen molar-refractivity contribution in [3.05, 3.63) is 100 Å². The van der Waals surface area contributed by atoms with Gasteiger partial charge in [-0.3, -0.25) is 24.1 Å². The minimum atomic E-state index is -1.33. The largest absolute Gasteiger partial charge is 0.342 e. The Hall–Kier alpha value is -4.47. The number of carbonyl (C=O) groups is 4. The Morgan fingerprint density at radius 3 is 2.07 bits per heavy atom. The van der Waals surface area contributed by atoms with Gasteiger partial charge in [-0.2, -0.15) is 0 Å². The van der Waals surface area contributed by atoms with E-state index in [0.717, 1.165) is 11.6 Å². The lowest BCUT2D eigenvalue weighted by Crippen LogP contribution is -2.39. The Kier molecular flexibility index (Phi) is 8.19. The third-order valence-corrected chi connectivity index (χ3v) is 7.64. The summed E-state index contributed by atoms with van der Waals surface area (Å²) in [6.07, 6.45) is 1.26. The minimum absolute atomic E-state index is 0.144. The molecular weight excluding hydrogens is 535 g/mol. The van der Waals surface area contributed by atoms with E-state index in [0.29, 0.717) is 55.2 Å². The zero-order valence-electron chi connectivity index (χ0n) is 22.2. The zero-order chi connectivity index (χ0) is 29.1. The van der Waals surface area contributed by atoms with Gasteiger partial charge in [0.2, 0.25) is 11.8 Å². The van der Waals surface area contributed by atoms with E-state index in [-0.39, 0.29) is 36.6 Å². The molecule has 0 unspecified atom stereocenters. The van der Waals surface area contributed by atoms with Crippen molar-refractivity contribution in [2.45, 2.75) is 38.0 Å². The van der Waals surface area contributed by atoms with Gasteiger partial charge in [-0.1, -0.05) is 24.3 Å². The van der Waals surface area contributed by atoms with Crippen molar-refractivity contribution in [2.75, 3.05) is 25.0 Å². The van der Waals surface area contributed by atoms with Crippen molar-refractivity contribution in [3.8, 4) is 0 Å². The maximum absolute atomic E-state index is 13.9. The highest BCUT2D eigenvalue weighted by Crippen LogP contribution is 2.30. The Bertz CT molecular complexity index is 1470. The van der Waals surface area contributed by atoms with Crippen molar-refractivity contribution in [2.24, 2.45) is 0 Å². The topological polar surface area (TPSA) is 86.8 Å². The summed E-state index contributed by atoms with van der Waals surface area (Å²) in [6.45, 7) is 0.979. The number of halogens is 3. The van der Waals surface area contributed by atoms with E-state index in [1.807, 2.05) is 12.1 Å². The number of nitrogens with one attached hydrogen (secondary N) is 1. The number of imide groups is 1. The molecule has 0 atom stereocenters. The highest BCUT2D eigenvalue weighted by atomic mass is 19.2. The molecule has 0 spiro atoms. The molecule has 2 aliphatic heterocycles. The van der Waals surface area contributed by atoms with Crippen LogP contribution in [-0.4, -0.2) is 53.1 Å². The highest BCUT2D eigenvalue weighted by Gasteiger charge is 2.34. The number of carbonyl (C=O) groups excluding carboxylic acids is 4. The molecule has 0 radical (unpaired) electrons. The van der Waals surface area contributed by atoms with Gasteiger partial charge < -0.3 is 10.2 Å². The standard InChI is InChI=1S/C31H28F3N3O4/c32-25-11-12-26(33)29(34)24(25)18-28(39)36-16-13-20(14-17-36)19-7-9-21(10-8-19)35-27(38)6-3-15-37-30(40)22-4-1-2-5-23(22)31(37)41/h1-2,4-5,7-12,20H,3,6,13-18H2,(H,35,38). The van der Waals surface area contributed by atoms with Crippen LogP contribution in [0.2, 0.25) is 0 Å². The second-order valence-corrected chi connectivity index (χ2v) is 10.2. The first-order valence-electron chi connectivity index (χ1n) is 13.5. The summed E-state index contributed by atoms with van der Waals surface area (Å²) in [5.74, 6) is -4.65. The summed E-state index contributed by atoms with van der Waals surface area (Å²) in [6, 6.07) is 15.6. The SMILES string of the molecule is O=C(CCCN1C(=O)c2ccccc2C1=O)Nc1ccc(C2CCN(C(=O)Cc3c(F)ccc(F)c3F)CC2)cc1. The lowest BCUT2D eigenvalue weighted by molar-refractivity contribution is -0.131. The summed E-state index contributed by atoms with van der Waals surface area (Å²) < 4.78 is 41.3. The fourth-order valence-corrected chi connectivity index (χ4v) is 5.36. The predicted molar refractivity (Wildman–Crippen MR) is 145 cm³/mol. The molecule has 1 saturated heterocycles. The first kappa shape index (κ1) is 28.1. The molecule has 0 saturated carbocycles. The van der Waals surface area contributed by atoms with Crippen LogP contribution >= 0.6 is 0 Å². The molecule has 2 aliphatic rings. The van der Waals surface area contributed by atoms with E-state index in [4.69, 9.17) is 0 Å². The number of amides is 4. The first-order chi connectivity index (χ1) is 19.7. The van der Waals surface area contributed by atoms with E-state index < -0.39 is 35.3 Å². The van der Waals surface area contributed by atoms with E-state index in [2.05, 4.69) is 5.32 Å². The molecule has 3 aromatic carbocycles. The van der Waals surface area contributed by atoms with E-state index in [1.54, 1.807) is 36.4 Å². The Morgan fingerprint density at radius 1 is 0.829 bits per heavy atom. The summed E-state index contributed by atoms with van der Waals surface area (Å²) in [7, 11) is 0. The molecule has 41 heavy (non-hydrogen) atoms. The number of piperidine rings is 1. The van der Waals surface area contributed by atoms with Crippen molar-refractivity contribution in [3.63, 3.8) is 0 Å². The number of fused-ring (bicyclic) bond motifs is 1. The summed E-state index contributed by atoms with van der Waals surface area (Å²) in [4.78, 5) is 52.6.